The van der Waals surface area contributed by atoms with Crippen LogP contribution >= 0.6 is 0 Å². The van der Waals surface area contributed by atoms with Crippen LogP contribution in [-0.2, 0) is 4.79 Å². The molecule has 2 nitrogen and oxygen atoms in total. The summed E-state index contributed by atoms with van der Waals surface area (Å²) in [6.07, 6.45) is 20.8. The van der Waals surface area contributed by atoms with Gasteiger partial charge in [0, 0.05) is 0 Å². The van der Waals surface area contributed by atoms with E-state index in [1.165, 1.54) is 57.8 Å². The van der Waals surface area contributed by atoms with Gasteiger partial charge in [0.1, 0.15) is 0 Å². The van der Waals surface area contributed by atoms with Gasteiger partial charge in [0.2, 0.25) is 0 Å². The zero-order chi connectivity index (χ0) is 16.8. The molecule has 2 saturated carbocycles. The largest absolute Gasteiger partial charge is 0.481 e. The van der Waals surface area contributed by atoms with E-state index in [0.717, 1.165) is 25.7 Å². The fourth-order valence-corrected chi connectivity index (χ4v) is 4.55. The number of aliphatic carboxylic acids is 1. The van der Waals surface area contributed by atoms with Crippen molar-refractivity contribution in [2.45, 2.75) is 97.3 Å². The van der Waals surface area contributed by atoms with Gasteiger partial charge in [-0.25, -0.2) is 0 Å². The van der Waals surface area contributed by atoms with Gasteiger partial charge in [-0.15, -0.1) is 0 Å². The van der Waals surface area contributed by atoms with Gasteiger partial charge >= 0.3 is 5.97 Å². The van der Waals surface area contributed by atoms with Crippen molar-refractivity contribution >= 4 is 5.97 Å². The molecular formula is C21H36O2. The molecule has 2 aliphatic rings. The standard InChI is InChI=1S/C21H36O2/c1-20(13-8-5-9-14-20)12-6-3-4-7-15-21(2)16-10-18(11-17-21)19(22)23/h3,6,18H,4-5,7-17H2,1-2H3,(H,22,23)/b6-3-. The molecule has 132 valence electrons. The third-order valence-electron chi connectivity index (χ3n) is 6.53. The maximum Gasteiger partial charge on any atom is 0.306 e. The zero-order valence-corrected chi connectivity index (χ0v) is 15.3. The Hall–Kier alpha value is -0.790. The molecule has 0 saturated heterocycles. The second-order valence-corrected chi connectivity index (χ2v) is 8.86. The summed E-state index contributed by atoms with van der Waals surface area (Å²) >= 11 is 0. The molecule has 0 amide bonds. The van der Waals surface area contributed by atoms with Crippen molar-refractivity contribution in [1.82, 2.24) is 0 Å². The quantitative estimate of drug-likeness (QED) is 0.438. The van der Waals surface area contributed by atoms with Crippen LogP contribution < -0.4 is 0 Å². The molecule has 2 fully saturated rings. The molecule has 0 atom stereocenters. The van der Waals surface area contributed by atoms with Gasteiger partial charge in [-0.3, -0.25) is 4.79 Å². The van der Waals surface area contributed by atoms with Crippen LogP contribution in [0.15, 0.2) is 12.2 Å². The average molecular weight is 321 g/mol. The third kappa shape index (κ3) is 5.97. The summed E-state index contributed by atoms with van der Waals surface area (Å²) in [5, 5.41) is 9.10. The monoisotopic (exact) mass is 320 g/mol. The molecule has 23 heavy (non-hydrogen) atoms. The van der Waals surface area contributed by atoms with E-state index >= 15 is 0 Å². The van der Waals surface area contributed by atoms with E-state index in [1.54, 1.807) is 0 Å². The fraction of sp³-hybridized carbons (Fsp3) is 0.857. The smallest absolute Gasteiger partial charge is 0.306 e. The molecule has 0 radical (unpaired) electrons. The molecule has 0 heterocycles. The Balaban J connectivity index is 1.61. The van der Waals surface area contributed by atoms with E-state index in [0.29, 0.717) is 10.8 Å². The van der Waals surface area contributed by atoms with Crippen LogP contribution in [0.2, 0.25) is 0 Å². The molecule has 0 unspecified atom stereocenters. The van der Waals surface area contributed by atoms with Crippen molar-refractivity contribution in [2.75, 3.05) is 0 Å². The molecule has 2 aliphatic carbocycles. The highest BCUT2D eigenvalue weighted by Gasteiger charge is 2.33. The Morgan fingerprint density at radius 3 is 2.26 bits per heavy atom. The lowest BCUT2D eigenvalue weighted by molar-refractivity contribution is -0.143. The highest BCUT2D eigenvalue weighted by atomic mass is 16.4. The fourth-order valence-electron chi connectivity index (χ4n) is 4.55. The van der Waals surface area contributed by atoms with Crippen molar-refractivity contribution in [3.63, 3.8) is 0 Å². The molecule has 0 bridgehead atoms. The van der Waals surface area contributed by atoms with Crippen molar-refractivity contribution in [2.24, 2.45) is 16.7 Å². The summed E-state index contributed by atoms with van der Waals surface area (Å²) in [4.78, 5) is 11.0. The van der Waals surface area contributed by atoms with E-state index in [9.17, 15) is 4.79 Å². The molecule has 0 aromatic carbocycles. The Kier molecular flexibility index (Phi) is 6.73. The van der Waals surface area contributed by atoms with Gasteiger partial charge in [0.25, 0.3) is 0 Å². The predicted molar refractivity (Wildman–Crippen MR) is 96.5 cm³/mol. The van der Waals surface area contributed by atoms with E-state index < -0.39 is 5.97 Å². The summed E-state index contributed by atoms with van der Waals surface area (Å²) in [7, 11) is 0. The van der Waals surface area contributed by atoms with Crippen molar-refractivity contribution in [1.29, 1.82) is 0 Å². The topological polar surface area (TPSA) is 37.3 Å². The lowest BCUT2D eigenvalue weighted by Gasteiger charge is -2.36. The minimum Gasteiger partial charge on any atom is -0.481 e. The Morgan fingerprint density at radius 1 is 1.00 bits per heavy atom. The predicted octanol–water partition coefficient (Wildman–Crippen LogP) is 6.35. The number of rotatable bonds is 7. The summed E-state index contributed by atoms with van der Waals surface area (Å²) in [5.41, 5.74) is 0.949. The van der Waals surface area contributed by atoms with Gasteiger partial charge in [-0.1, -0.05) is 45.3 Å². The maximum absolute atomic E-state index is 11.0. The van der Waals surface area contributed by atoms with E-state index in [4.69, 9.17) is 5.11 Å². The lowest BCUT2D eigenvalue weighted by Crippen LogP contribution is -2.28. The van der Waals surface area contributed by atoms with Gasteiger partial charge in [-0.2, -0.15) is 0 Å². The molecule has 0 aromatic rings. The van der Waals surface area contributed by atoms with Gasteiger partial charge in [0.05, 0.1) is 5.92 Å². The number of carboxylic acid groups (broad SMARTS) is 1. The Morgan fingerprint density at radius 2 is 1.65 bits per heavy atom. The van der Waals surface area contributed by atoms with E-state index in [-0.39, 0.29) is 5.92 Å². The maximum atomic E-state index is 11.0. The van der Waals surface area contributed by atoms with Gasteiger partial charge in [-0.05, 0) is 75.0 Å². The normalized spacial score (nSPS) is 31.3. The Labute approximate surface area is 142 Å². The first-order valence-corrected chi connectivity index (χ1v) is 9.80. The lowest BCUT2D eigenvalue weighted by atomic mass is 9.69. The Bertz CT molecular complexity index is 396. The number of unbranched alkanes of at least 4 members (excludes halogenated alkanes) is 1. The summed E-state index contributed by atoms with van der Waals surface area (Å²) in [6, 6.07) is 0. The second kappa shape index (κ2) is 8.35. The van der Waals surface area contributed by atoms with Crippen LogP contribution in [0.3, 0.4) is 0 Å². The second-order valence-electron chi connectivity index (χ2n) is 8.86. The van der Waals surface area contributed by atoms with Crippen LogP contribution in [0, 0.1) is 16.7 Å². The van der Waals surface area contributed by atoms with Crippen LogP contribution in [0.5, 0.6) is 0 Å². The molecule has 2 rings (SSSR count). The average Bonchev–Trinajstić information content (AvgIpc) is 2.52. The SMILES string of the molecule is CC1(C/C=C\CCCC2(C)CCC(C(=O)O)CC2)CCCCC1. The first-order valence-electron chi connectivity index (χ1n) is 9.80. The van der Waals surface area contributed by atoms with Crippen molar-refractivity contribution in [3.8, 4) is 0 Å². The molecule has 0 aromatic heterocycles. The van der Waals surface area contributed by atoms with E-state index in [2.05, 4.69) is 26.0 Å². The molecule has 1 N–H and O–H groups in total. The van der Waals surface area contributed by atoms with Crippen molar-refractivity contribution < 1.29 is 9.90 Å². The summed E-state index contributed by atoms with van der Waals surface area (Å²) in [5.74, 6) is -0.676. The zero-order valence-electron chi connectivity index (χ0n) is 15.3. The van der Waals surface area contributed by atoms with Crippen molar-refractivity contribution in [3.05, 3.63) is 12.2 Å². The summed E-state index contributed by atoms with van der Waals surface area (Å²) < 4.78 is 0. The minimum atomic E-state index is -0.591. The highest BCUT2D eigenvalue weighted by molar-refractivity contribution is 5.70. The van der Waals surface area contributed by atoms with Crippen LogP contribution in [0.25, 0.3) is 0 Å². The first kappa shape index (κ1) is 18.5. The van der Waals surface area contributed by atoms with E-state index in [1.807, 2.05) is 0 Å². The molecule has 0 spiro atoms. The number of carboxylic acids is 1. The molecule has 0 aliphatic heterocycles. The minimum absolute atomic E-state index is 0.0841. The highest BCUT2D eigenvalue weighted by Crippen LogP contribution is 2.42. The number of hydrogen-bond acceptors (Lipinski definition) is 1. The molecule has 2 heteroatoms. The van der Waals surface area contributed by atoms with Gasteiger partial charge < -0.3 is 5.11 Å². The molecular weight excluding hydrogens is 284 g/mol. The summed E-state index contributed by atoms with van der Waals surface area (Å²) in [6.45, 7) is 4.82. The first-order chi connectivity index (χ1) is 10.9. The number of hydrogen-bond donors (Lipinski definition) is 1. The van der Waals surface area contributed by atoms with Crippen LogP contribution in [0.1, 0.15) is 97.3 Å². The van der Waals surface area contributed by atoms with Gasteiger partial charge in [0.15, 0.2) is 0 Å². The number of allylic oxidation sites excluding steroid dienone is 2. The van der Waals surface area contributed by atoms with Crippen LogP contribution in [-0.4, -0.2) is 11.1 Å². The number of carbonyl (C=O) groups is 1. The third-order valence-corrected chi connectivity index (χ3v) is 6.53. The van der Waals surface area contributed by atoms with Crippen LogP contribution in [0.4, 0.5) is 0 Å².